The van der Waals surface area contributed by atoms with Crippen LogP contribution in [0.3, 0.4) is 0 Å². The van der Waals surface area contributed by atoms with Crippen LogP contribution < -0.4 is 0 Å². The summed E-state index contributed by atoms with van der Waals surface area (Å²) >= 11 is 0. The topological polar surface area (TPSA) is 26.3 Å². The molecule has 0 amide bonds. The van der Waals surface area contributed by atoms with Crippen molar-refractivity contribution in [2.45, 2.75) is 26.4 Å². The quantitative estimate of drug-likeness (QED) is 0.716. The molecule has 0 spiro atoms. The average Bonchev–Trinajstić information content (AvgIpc) is 2.15. The third-order valence-corrected chi connectivity index (χ3v) is 1.84. The van der Waals surface area contributed by atoms with E-state index in [0.29, 0.717) is 5.56 Å². The lowest BCUT2D eigenvalue weighted by atomic mass is 10.1. The highest BCUT2D eigenvalue weighted by atomic mass is 19.1. The summed E-state index contributed by atoms with van der Waals surface area (Å²) in [4.78, 5) is 11.7. The first kappa shape index (κ1) is 12.4. The SMILES string of the molecule is C=Cc1ccc(F)c(C(=O)OC(C)(C)C)c1. The molecule has 0 aliphatic carbocycles. The number of hydrogen-bond acceptors (Lipinski definition) is 2. The zero-order valence-corrected chi connectivity index (χ0v) is 9.71. The first-order valence-corrected chi connectivity index (χ1v) is 4.99. The monoisotopic (exact) mass is 222 g/mol. The second-order valence-corrected chi connectivity index (χ2v) is 4.45. The molecule has 0 radical (unpaired) electrons. The van der Waals surface area contributed by atoms with Gasteiger partial charge in [0.1, 0.15) is 11.4 Å². The molecule has 3 heteroatoms. The number of rotatable bonds is 2. The van der Waals surface area contributed by atoms with Crippen LogP contribution in [0.5, 0.6) is 0 Å². The summed E-state index contributed by atoms with van der Waals surface area (Å²) in [6.45, 7) is 8.77. The highest BCUT2D eigenvalue weighted by Gasteiger charge is 2.20. The van der Waals surface area contributed by atoms with Crippen molar-refractivity contribution >= 4 is 12.0 Å². The van der Waals surface area contributed by atoms with Crippen LogP contribution in [-0.4, -0.2) is 11.6 Å². The number of ether oxygens (including phenoxy) is 1. The number of carbonyl (C=O) groups excluding carboxylic acids is 1. The maximum absolute atomic E-state index is 13.4. The summed E-state index contributed by atoms with van der Waals surface area (Å²) < 4.78 is 18.5. The molecule has 0 fully saturated rings. The first-order valence-electron chi connectivity index (χ1n) is 4.99. The Morgan fingerprint density at radius 3 is 2.56 bits per heavy atom. The molecule has 0 atom stereocenters. The molecule has 1 aromatic carbocycles. The Balaban J connectivity index is 3.03. The Morgan fingerprint density at radius 2 is 2.06 bits per heavy atom. The molecule has 0 unspecified atom stereocenters. The third kappa shape index (κ3) is 3.19. The highest BCUT2D eigenvalue weighted by molar-refractivity contribution is 5.90. The van der Waals surface area contributed by atoms with Crippen LogP contribution in [0.4, 0.5) is 4.39 Å². The van der Waals surface area contributed by atoms with E-state index in [-0.39, 0.29) is 5.56 Å². The largest absolute Gasteiger partial charge is 0.456 e. The fourth-order valence-corrected chi connectivity index (χ4v) is 1.16. The molecule has 0 aliphatic rings. The van der Waals surface area contributed by atoms with Crippen molar-refractivity contribution in [2.24, 2.45) is 0 Å². The Labute approximate surface area is 94.7 Å². The fraction of sp³-hybridized carbons (Fsp3) is 0.308. The van der Waals surface area contributed by atoms with Gasteiger partial charge in [0.05, 0.1) is 5.56 Å². The first-order chi connectivity index (χ1) is 7.33. The van der Waals surface area contributed by atoms with Gasteiger partial charge in [-0.05, 0) is 38.5 Å². The van der Waals surface area contributed by atoms with Gasteiger partial charge in [-0.3, -0.25) is 0 Å². The molecule has 1 rings (SSSR count). The van der Waals surface area contributed by atoms with E-state index in [2.05, 4.69) is 6.58 Å². The number of halogens is 1. The van der Waals surface area contributed by atoms with Gasteiger partial charge < -0.3 is 4.74 Å². The average molecular weight is 222 g/mol. The minimum atomic E-state index is -0.659. The minimum Gasteiger partial charge on any atom is -0.456 e. The van der Waals surface area contributed by atoms with Gasteiger partial charge in [-0.1, -0.05) is 18.7 Å². The summed E-state index contributed by atoms with van der Waals surface area (Å²) in [5.74, 6) is -1.24. The number of esters is 1. The van der Waals surface area contributed by atoms with Crippen LogP contribution in [0.25, 0.3) is 6.08 Å². The standard InChI is InChI=1S/C13H15FO2/c1-5-9-6-7-11(14)10(8-9)12(15)16-13(2,3)4/h5-8H,1H2,2-4H3. The molecule has 0 aromatic heterocycles. The molecule has 1 aromatic rings. The normalized spacial score (nSPS) is 11.0. The van der Waals surface area contributed by atoms with Crippen molar-refractivity contribution in [3.63, 3.8) is 0 Å². The summed E-state index contributed by atoms with van der Waals surface area (Å²) in [5, 5.41) is 0. The lowest BCUT2D eigenvalue weighted by Gasteiger charge is -2.19. The van der Waals surface area contributed by atoms with Crippen LogP contribution in [-0.2, 0) is 4.74 Å². The van der Waals surface area contributed by atoms with Crippen LogP contribution in [0.1, 0.15) is 36.7 Å². The predicted molar refractivity (Wildman–Crippen MR) is 61.7 cm³/mol. The van der Waals surface area contributed by atoms with Crippen LogP contribution >= 0.6 is 0 Å². The molecule has 0 heterocycles. The number of hydrogen-bond donors (Lipinski definition) is 0. The third-order valence-electron chi connectivity index (χ3n) is 1.84. The van der Waals surface area contributed by atoms with E-state index in [4.69, 9.17) is 4.74 Å². The maximum atomic E-state index is 13.4. The van der Waals surface area contributed by atoms with Gasteiger partial charge in [-0.2, -0.15) is 0 Å². The molecular formula is C13H15FO2. The lowest BCUT2D eigenvalue weighted by molar-refractivity contribution is 0.00647. The molecule has 86 valence electrons. The molecular weight excluding hydrogens is 207 g/mol. The molecule has 0 bridgehead atoms. The molecule has 16 heavy (non-hydrogen) atoms. The second kappa shape index (κ2) is 4.47. The van der Waals surface area contributed by atoms with E-state index < -0.39 is 17.4 Å². The van der Waals surface area contributed by atoms with Gasteiger partial charge in [-0.25, -0.2) is 9.18 Å². The predicted octanol–water partition coefficient (Wildman–Crippen LogP) is 3.42. The Morgan fingerprint density at radius 1 is 1.44 bits per heavy atom. The van der Waals surface area contributed by atoms with Gasteiger partial charge in [0.25, 0.3) is 0 Å². The van der Waals surface area contributed by atoms with Crippen LogP contribution in [0.2, 0.25) is 0 Å². The van der Waals surface area contributed by atoms with E-state index in [0.717, 1.165) is 0 Å². The molecule has 0 saturated heterocycles. The zero-order valence-electron chi connectivity index (χ0n) is 9.71. The van der Waals surface area contributed by atoms with Crippen molar-refractivity contribution in [3.05, 3.63) is 41.7 Å². The Hall–Kier alpha value is -1.64. The minimum absolute atomic E-state index is 0.0627. The van der Waals surface area contributed by atoms with Gasteiger partial charge in [0.15, 0.2) is 0 Å². The zero-order chi connectivity index (χ0) is 12.3. The number of carbonyl (C=O) groups is 1. The van der Waals surface area contributed by atoms with E-state index in [1.165, 1.54) is 12.1 Å². The van der Waals surface area contributed by atoms with Crippen LogP contribution in [0.15, 0.2) is 24.8 Å². The Bertz CT molecular complexity index is 416. The second-order valence-electron chi connectivity index (χ2n) is 4.45. The maximum Gasteiger partial charge on any atom is 0.341 e. The fourth-order valence-electron chi connectivity index (χ4n) is 1.16. The molecule has 2 nitrogen and oxygen atoms in total. The van der Waals surface area contributed by atoms with Crippen molar-refractivity contribution in [1.82, 2.24) is 0 Å². The number of benzene rings is 1. The van der Waals surface area contributed by atoms with E-state index in [1.807, 2.05) is 0 Å². The van der Waals surface area contributed by atoms with Gasteiger partial charge in [0, 0.05) is 0 Å². The molecule has 0 aliphatic heterocycles. The summed E-state index contributed by atoms with van der Waals surface area (Å²) in [5.41, 5.74) is -0.0113. The molecule has 0 N–H and O–H groups in total. The van der Waals surface area contributed by atoms with E-state index in [1.54, 1.807) is 32.9 Å². The van der Waals surface area contributed by atoms with Crippen molar-refractivity contribution in [2.75, 3.05) is 0 Å². The van der Waals surface area contributed by atoms with Crippen molar-refractivity contribution < 1.29 is 13.9 Å². The van der Waals surface area contributed by atoms with Crippen molar-refractivity contribution in [3.8, 4) is 0 Å². The molecule has 0 saturated carbocycles. The summed E-state index contributed by atoms with van der Waals surface area (Å²) in [6, 6.07) is 4.21. The van der Waals surface area contributed by atoms with Gasteiger partial charge in [0.2, 0.25) is 0 Å². The van der Waals surface area contributed by atoms with E-state index in [9.17, 15) is 9.18 Å². The smallest absolute Gasteiger partial charge is 0.341 e. The Kier molecular flexibility index (Phi) is 3.48. The summed E-state index contributed by atoms with van der Waals surface area (Å²) in [7, 11) is 0. The van der Waals surface area contributed by atoms with Gasteiger partial charge in [-0.15, -0.1) is 0 Å². The van der Waals surface area contributed by atoms with Crippen LogP contribution in [0, 0.1) is 5.82 Å². The van der Waals surface area contributed by atoms with Gasteiger partial charge >= 0.3 is 5.97 Å². The summed E-state index contributed by atoms with van der Waals surface area (Å²) in [6.07, 6.45) is 1.55. The highest BCUT2D eigenvalue weighted by Crippen LogP contribution is 2.16. The van der Waals surface area contributed by atoms with Crippen molar-refractivity contribution in [1.29, 1.82) is 0 Å². The lowest BCUT2D eigenvalue weighted by Crippen LogP contribution is -2.24. The van der Waals surface area contributed by atoms with E-state index >= 15 is 0 Å².